The highest BCUT2D eigenvalue weighted by atomic mass is 16.2. The smallest absolute Gasteiger partial charge is 0.222 e. The molecule has 1 amide bonds. The number of hydrogen-bond donors (Lipinski definition) is 0. The molecule has 0 atom stereocenters. The normalized spacial score (nSPS) is 24.8. The molecule has 130 valence electrons. The van der Waals surface area contributed by atoms with E-state index in [4.69, 9.17) is 0 Å². The fraction of sp³-hybridized carbons (Fsp3) is 0.737. The number of rotatable bonds is 2. The van der Waals surface area contributed by atoms with Crippen LogP contribution in [-0.4, -0.2) is 46.5 Å². The number of aromatic nitrogens is 2. The van der Waals surface area contributed by atoms with Gasteiger partial charge in [0, 0.05) is 38.3 Å². The largest absolute Gasteiger partial charge is 0.356 e. The van der Waals surface area contributed by atoms with Crippen LogP contribution in [0.1, 0.15) is 57.2 Å². The molecule has 24 heavy (non-hydrogen) atoms. The molecule has 4 rings (SSSR count). The first kappa shape index (κ1) is 15.9. The van der Waals surface area contributed by atoms with Gasteiger partial charge in [-0.3, -0.25) is 4.79 Å². The van der Waals surface area contributed by atoms with Crippen molar-refractivity contribution < 1.29 is 4.79 Å². The van der Waals surface area contributed by atoms with Crippen molar-refractivity contribution >= 4 is 11.7 Å². The van der Waals surface area contributed by atoms with Gasteiger partial charge in [0.05, 0.1) is 0 Å². The van der Waals surface area contributed by atoms with E-state index in [1.165, 1.54) is 38.5 Å². The Morgan fingerprint density at radius 2 is 1.92 bits per heavy atom. The van der Waals surface area contributed by atoms with E-state index in [9.17, 15) is 4.79 Å². The number of carbonyl (C=O) groups is 1. The molecule has 0 N–H and O–H groups in total. The lowest BCUT2D eigenvalue weighted by atomic mass is 9.72. The van der Waals surface area contributed by atoms with Crippen LogP contribution in [0.4, 0.5) is 5.82 Å². The molecule has 1 saturated carbocycles. The molecule has 0 radical (unpaired) electrons. The van der Waals surface area contributed by atoms with E-state index in [1.54, 1.807) is 0 Å². The SMILES string of the molecule is Cc1nccc(N2CCC3(CCC(=O)N(C4CCCC4)C3)CC2)n1. The lowest BCUT2D eigenvalue weighted by Crippen LogP contribution is -2.54. The lowest BCUT2D eigenvalue weighted by molar-refractivity contribution is -0.141. The predicted octanol–water partition coefficient (Wildman–Crippen LogP) is 2.94. The summed E-state index contributed by atoms with van der Waals surface area (Å²) in [7, 11) is 0. The summed E-state index contributed by atoms with van der Waals surface area (Å²) in [4.78, 5) is 25.8. The van der Waals surface area contributed by atoms with E-state index in [1.807, 2.05) is 19.2 Å². The number of hydrogen-bond acceptors (Lipinski definition) is 4. The summed E-state index contributed by atoms with van der Waals surface area (Å²) in [6.45, 7) is 5.03. The van der Waals surface area contributed by atoms with E-state index in [0.29, 0.717) is 17.4 Å². The van der Waals surface area contributed by atoms with Gasteiger partial charge in [-0.15, -0.1) is 0 Å². The van der Waals surface area contributed by atoms with Crippen molar-refractivity contribution in [2.24, 2.45) is 5.41 Å². The molecule has 5 nitrogen and oxygen atoms in total. The van der Waals surface area contributed by atoms with E-state index in [0.717, 1.165) is 44.1 Å². The molecule has 0 aromatic carbocycles. The summed E-state index contributed by atoms with van der Waals surface area (Å²) in [5.74, 6) is 2.29. The molecular weight excluding hydrogens is 300 g/mol. The molecule has 1 spiro atoms. The van der Waals surface area contributed by atoms with Crippen molar-refractivity contribution in [1.82, 2.24) is 14.9 Å². The Morgan fingerprint density at radius 1 is 1.17 bits per heavy atom. The molecule has 1 aliphatic carbocycles. The Hall–Kier alpha value is -1.65. The van der Waals surface area contributed by atoms with Gasteiger partial charge in [-0.05, 0) is 50.5 Å². The van der Waals surface area contributed by atoms with Crippen molar-refractivity contribution in [2.45, 2.75) is 64.3 Å². The van der Waals surface area contributed by atoms with Crippen LogP contribution >= 0.6 is 0 Å². The molecule has 1 aromatic heterocycles. The van der Waals surface area contributed by atoms with Gasteiger partial charge in [-0.1, -0.05) is 12.8 Å². The van der Waals surface area contributed by atoms with E-state index >= 15 is 0 Å². The standard InChI is InChI=1S/C19H28N4O/c1-15-20-11-7-17(21-15)22-12-9-19(10-13-22)8-6-18(24)23(14-19)16-4-2-3-5-16/h7,11,16H,2-6,8-10,12-14H2,1H3. The Labute approximate surface area is 144 Å². The number of piperidine rings is 2. The van der Waals surface area contributed by atoms with E-state index < -0.39 is 0 Å². The average Bonchev–Trinajstić information content (AvgIpc) is 3.12. The average molecular weight is 328 g/mol. The highest BCUT2D eigenvalue weighted by Gasteiger charge is 2.43. The Balaban J connectivity index is 1.43. The van der Waals surface area contributed by atoms with Crippen LogP contribution in [0.15, 0.2) is 12.3 Å². The van der Waals surface area contributed by atoms with Gasteiger partial charge in [0.1, 0.15) is 11.6 Å². The van der Waals surface area contributed by atoms with Crippen LogP contribution in [0.5, 0.6) is 0 Å². The molecule has 5 heteroatoms. The lowest BCUT2D eigenvalue weighted by Gasteiger charge is -2.49. The van der Waals surface area contributed by atoms with Gasteiger partial charge in [-0.2, -0.15) is 0 Å². The maximum absolute atomic E-state index is 12.4. The van der Waals surface area contributed by atoms with Gasteiger partial charge in [0.25, 0.3) is 0 Å². The van der Waals surface area contributed by atoms with Gasteiger partial charge in [0.2, 0.25) is 5.91 Å². The molecule has 0 unspecified atom stereocenters. The van der Waals surface area contributed by atoms with Crippen LogP contribution in [0.2, 0.25) is 0 Å². The fourth-order valence-corrected chi connectivity index (χ4v) is 4.83. The maximum atomic E-state index is 12.4. The zero-order valence-corrected chi connectivity index (χ0v) is 14.7. The van der Waals surface area contributed by atoms with Crippen LogP contribution in [-0.2, 0) is 4.79 Å². The van der Waals surface area contributed by atoms with Crippen LogP contribution < -0.4 is 4.90 Å². The summed E-state index contributed by atoms with van der Waals surface area (Å²) in [5, 5.41) is 0. The number of likely N-dealkylation sites (tertiary alicyclic amines) is 1. The summed E-state index contributed by atoms with van der Waals surface area (Å²) >= 11 is 0. The topological polar surface area (TPSA) is 49.3 Å². The zero-order valence-electron chi connectivity index (χ0n) is 14.7. The monoisotopic (exact) mass is 328 g/mol. The van der Waals surface area contributed by atoms with Crippen molar-refractivity contribution in [2.75, 3.05) is 24.5 Å². The second-order valence-corrected chi connectivity index (χ2v) is 7.91. The number of carbonyl (C=O) groups excluding carboxylic acids is 1. The van der Waals surface area contributed by atoms with Gasteiger partial charge in [-0.25, -0.2) is 9.97 Å². The third-order valence-electron chi connectivity index (χ3n) is 6.37. The molecule has 3 heterocycles. The summed E-state index contributed by atoms with van der Waals surface area (Å²) in [6.07, 6.45) is 11.0. The number of nitrogens with zero attached hydrogens (tertiary/aromatic N) is 4. The Kier molecular flexibility index (Phi) is 4.19. The second kappa shape index (κ2) is 6.34. The first-order valence-corrected chi connectivity index (χ1v) is 9.49. The van der Waals surface area contributed by atoms with Crippen LogP contribution in [0, 0.1) is 12.3 Å². The van der Waals surface area contributed by atoms with Gasteiger partial charge >= 0.3 is 0 Å². The van der Waals surface area contributed by atoms with Crippen molar-refractivity contribution in [1.29, 1.82) is 0 Å². The van der Waals surface area contributed by atoms with E-state index in [2.05, 4.69) is 19.8 Å². The Morgan fingerprint density at radius 3 is 2.62 bits per heavy atom. The highest BCUT2D eigenvalue weighted by Crippen LogP contribution is 2.42. The molecule has 3 fully saturated rings. The van der Waals surface area contributed by atoms with Crippen LogP contribution in [0.3, 0.4) is 0 Å². The fourth-order valence-electron chi connectivity index (χ4n) is 4.83. The number of amides is 1. The predicted molar refractivity (Wildman–Crippen MR) is 93.9 cm³/mol. The van der Waals surface area contributed by atoms with Gasteiger partial charge < -0.3 is 9.80 Å². The number of aryl methyl sites for hydroxylation is 1. The first-order chi connectivity index (χ1) is 11.7. The van der Waals surface area contributed by atoms with Crippen molar-refractivity contribution in [3.63, 3.8) is 0 Å². The number of anilines is 1. The maximum Gasteiger partial charge on any atom is 0.222 e. The minimum Gasteiger partial charge on any atom is -0.356 e. The zero-order chi connectivity index (χ0) is 16.6. The van der Waals surface area contributed by atoms with E-state index in [-0.39, 0.29) is 0 Å². The molecule has 3 aliphatic rings. The molecule has 1 aromatic rings. The second-order valence-electron chi connectivity index (χ2n) is 7.91. The molecule has 0 bridgehead atoms. The third kappa shape index (κ3) is 3.01. The summed E-state index contributed by atoms with van der Waals surface area (Å²) in [6, 6.07) is 2.54. The third-order valence-corrected chi connectivity index (χ3v) is 6.37. The van der Waals surface area contributed by atoms with Crippen molar-refractivity contribution in [3.8, 4) is 0 Å². The van der Waals surface area contributed by atoms with Gasteiger partial charge in [0.15, 0.2) is 0 Å². The summed E-state index contributed by atoms with van der Waals surface area (Å²) < 4.78 is 0. The van der Waals surface area contributed by atoms with Crippen LogP contribution in [0.25, 0.3) is 0 Å². The van der Waals surface area contributed by atoms with Crippen molar-refractivity contribution in [3.05, 3.63) is 18.1 Å². The molecule has 2 saturated heterocycles. The Bertz CT molecular complexity index is 603. The minimum atomic E-state index is 0.342. The quantitative estimate of drug-likeness (QED) is 0.837. The molecule has 2 aliphatic heterocycles. The molecular formula is C19H28N4O. The highest BCUT2D eigenvalue weighted by molar-refractivity contribution is 5.77. The minimum absolute atomic E-state index is 0.342. The first-order valence-electron chi connectivity index (χ1n) is 9.49. The summed E-state index contributed by atoms with van der Waals surface area (Å²) in [5.41, 5.74) is 0.342.